The van der Waals surface area contributed by atoms with Crippen molar-refractivity contribution in [2.75, 3.05) is 33.2 Å². The topological polar surface area (TPSA) is 49.6 Å². The number of rotatable bonds is 3. The average Bonchev–Trinajstić information content (AvgIpc) is 2.51. The minimum atomic E-state index is -0.326. The molecule has 2 N–H and O–H groups in total. The summed E-state index contributed by atoms with van der Waals surface area (Å²) in [6.07, 6.45) is 2.01. The lowest BCUT2D eigenvalue weighted by Crippen LogP contribution is -2.48. The number of nitrogens with zero attached hydrogens (tertiary/aromatic N) is 2. The van der Waals surface area contributed by atoms with Crippen molar-refractivity contribution in [1.82, 2.24) is 9.80 Å². The Hall–Kier alpha value is -0.320. The summed E-state index contributed by atoms with van der Waals surface area (Å²) in [6, 6.07) is -0.326. The van der Waals surface area contributed by atoms with Crippen molar-refractivity contribution in [2.45, 2.75) is 32.7 Å². The Kier molecular flexibility index (Phi) is 7.75. The molecule has 1 rings (SSSR count). The summed E-state index contributed by atoms with van der Waals surface area (Å²) in [4.78, 5) is 16.3. The fraction of sp³-hybridized carbons (Fsp3) is 0.917. The molecule has 102 valence electrons. The van der Waals surface area contributed by atoms with Gasteiger partial charge in [-0.1, -0.05) is 20.3 Å². The number of hydrogen-bond acceptors (Lipinski definition) is 3. The summed E-state index contributed by atoms with van der Waals surface area (Å²) in [7, 11) is 2.10. The van der Waals surface area contributed by atoms with Gasteiger partial charge in [0.05, 0.1) is 6.04 Å². The van der Waals surface area contributed by atoms with E-state index in [9.17, 15) is 4.79 Å². The summed E-state index contributed by atoms with van der Waals surface area (Å²) in [5, 5.41) is 0. The van der Waals surface area contributed by atoms with E-state index in [0.29, 0.717) is 0 Å². The number of likely N-dealkylation sites (N-methyl/N-ethyl adjacent to an activating group) is 1. The van der Waals surface area contributed by atoms with Crippen LogP contribution in [0.25, 0.3) is 0 Å². The number of hydrogen-bond donors (Lipinski definition) is 1. The third-order valence-electron chi connectivity index (χ3n) is 3.57. The van der Waals surface area contributed by atoms with Crippen molar-refractivity contribution < 1.29 is 4.79 Å². The Morgan fingerprint density at radius 1 is 1.29 bits per heavy atom. The molecule has 4 nitrogen and oxygen atoms in total. The molecular formula is C12H26ClN3O. The van der Waals surface area contributed by atoms with Gasteiger partial charge in [-0.05, 0) is 25.9 Å². The zero-order valence-corrected chi connectivity index (χ0v) is 12.0. The standard InChI is InChI=1S/C12H25N3O.ClH/c1-4-10(2)11(13)12(16)15-7-5-6-14(3)8-9-15;/h10-11H,4-9,13H2,1-3H3;1H. The Labute approximate surface area is 111 Å². The normalized spacial score (nSPS) is 21.3. The van der Waals surface area contributed by atoms with Crippen molar-refractivity contribution >= 4 is 18.3 Å². The van der Waals surface area contributed by atoms with Crippen molar-refractivity contribution in [2.24, 2.45) is 11.7 Å². The second kappa shape index (κ2) is 7.90. The molecule has 0 saturated carbocycles. The van der Waals surface area contributed by atoms with Gasteiger partial charge < -0.3 is 15.5 Å². The Balaban J connectivity index is 0.00000256. The zero-order chi connectivity index (χ0) is 12.1. The molecule has 1 amide bonds. The Morgan fingerprint density at radius 3 is 2.53 bits per heavy atom. The third-order valence-corrected chi connectivity index (χ3v) is 3.57. The molecule has 0 aromatic rings. The number of carbonyl (C=O) groups excluding carboxylic acids is 1. The summed E-state index contributed by atoms with van der Waals surface area (Å²) >= 11 is 0. The molecule has 0 aromatic carbocycles. The van der Waals surface area contributed by atoms with E-state index >= 15 is 0 Å². The second-order valence-corrected chi connectivity index (χ2v) is 4.89. The van der Waals surface area contributed by atoms with Gasteiger partial charge in [-0.25, -0.2) is 0 Å². The molecule has 17 heavy (non-hydrogen) atoms. The van der Waals surface area contributed by atoms with Gasteiger partial charge in [-0.15, -0.1) is 12.4 Å². The summed E-state index contributed by atoms with van der Waals surface area (Å²) in [5.41, 5.74) is 5.98. The molecule has 2 unspecified atom stereocenters. The monoisotopic (exact) mass is 263 g/mol. The summed E-state index contributed by atoms with van der Waals surface area (Å²) in [6.45, 7) is 7.83. The Morgan fingerprint density at radius 2 is 1.94 bits per heavy atom. The van der Waals surface area contributed by atoms with Crippen LogP contribution in [0.1, 0.15) is 26.7 Å². The molecule has 0 spiro atoms. The molecule has 1 aliphatic heterocycles. The van der Waals surface area contributed by atoms with Gasteiger partial charge in [0.2, 0.25) is 5.91 Å². The maximum absolute atomic E-state index is 12.1. The van der Waals surface area contributed by atoms with Gasteiger partial charge in [0.15, 0.2) is 0 Å². The van der Waals surface area contributed by atoms with Crippen molar-refractivity contribution in [3.8, 4) is 0 Å². The third kappa shape index (κ3) is 4.82. The molecule has 0 aliphatic carbocycles. The molecule has 5 heteroatoms. The van der Waals surface area contributed by atoms with Crippen LogP contribution in [-0.2, 0) is 4.79 Å². The Bertz CT molecular complexity index is 238. The SMILES string of the molecule is CCC(C)C(N)C(=O)N1CCCN(C)CC1.Cl. The van der Waals surface area contributed by atoms with E-state index in [1.807, 2.05) is 11.8 Å². The lowest BCUT2D eigenvalue weighted by Gasteiger charge is -2.26. The van der Waals surface area contributed by atoms with Crippen molar-refractivity contribution in [3.05, 3.63) is 0 Å². The van der Waals surface area contributed by atoms with E-state index in [-0.39, 0.29) is 30.3 Å². The number of carbonyl (C=O) groups is 1. The second-order valence-electron chi connectivity index (χ2n) is 4.89. The van der Waals surface area contributed by atoms with Gasteiger partial charge in [0.1, 0.15) is 0 Å². The highest BCUT2D eigenvalue weighted by atomic mass is 35.5. The molecule has 2 atom stereocenters. The lowest BCUT2D eigenvalue weighted by molar-refractivity contribution is -0.133. The number of nitrogens with two attached hydrogens (primary N) is 1. The van der Waals surface area contributed by atoms with Crippen LogP contribution in [0.3, 0.4) is 0 Å². The van der Waals surface area contributed by atoms with Crippen molar-refractivity contribution in [3.63, 3.8) is 0 Å². The highest BCUT2D eigenvalue weighted by Gasteiger charge is 2.25. The van der Waals surface area contributed by atoms with Crippen LogP contribution in [0.5, 0.6) is 0 Å². The molecule has 0 bridgehead atoms. The first kappa shape index (κ1) is 16.7. The minimum Gasteiger partial charge on any atom is -0.340 e. The van der Waals surface area contributed by atoms with Gasteiger partial charge in [-0.3, -0.25) is 4.79 Å². The molecule has 0 aromatic heterocycles. The smallest absolute Gasteiger partial charge is 0.239 e. The molecule has 0 radical (unpaired) electrons. The highest BCUT2D eigenvalue weighted by Crippen LogP contribution is 2.10. The average molecular weight is 264 g/mol. The first-order valence-corrected chi connectivity index (χ1v) is 6.29. The van der Waals surface area contributed by atoms with Crippen LogP contribution in [0.2, 0.25) is 0 Å². The van der Waals surface area contributed by atoms with E-state index in [0.717, 1.165) is 39.0 Å². The van der Waals surface area contributed by atoms with Crippen LogP contribution < -0.4 is 5.73 Å². The highest BCUT2D eigenvalue weighted by molar-refractivity contribution is 5.85. The van der Waals surface area contributed by atoms with E-state index < -0.39 is 0 Å². The fourth-order valence-electron chi connectivity index (χ4n) is 1.98. The van der Waals surface area contributed by atoms with Crippen LogP contribution in [0.4, 0.5) is 0 Å². The molecule has 1 aliphatic rings. The van der Waals surface area contributed by atoms with E-state index in [4.69, 9.17) is 5.73 Å². The lowest BCUT2D eigenvalue weighted by atomic mass is 9.99. The molecule has 1 fully saturated rings. The zero-order valence-electron chi connectivity index (χ0n) is 11.2. The van der Waals surface area contributed by atoms with Gasteiger partial charge in [0, 0.05) is 19.6 Å². The number of amides is 1. The minimum absolute atomic E-state index is 0. The van der Waals surface area contributed by atoms with E-state index in [2.05, 4.69) is 18.9 Å². The number of halogens is 1. The van der Waals surface area contributed by atoms with Crippen molar-refractivity contribution in [1.29, 1.82) is 0 Å². The van der Waals surface area contributed by atoms with Gasteiger partial charge in [-0.2, -0.15) is 0 Å². The molecule has 1 heterocycles. The van der Waals surface area contributed by atoms with Crippen LogP contribution in [0, 0.1) is 5.92 Å². The van der Waals surface area contributed by atoms with E-state index in [1.165, 1.54) is 0 Å². The van der Waals surface area contributed by atoms with Gasteiger partial charge in [0.25, 0.3) is 0 Å². The summed E-state index contributed by atoms with van der Waals surface area (Å²) in [5.74, 6) is 0.401. The maximum Gasteiger partial charge on any atom is 0.239 e. The maximum atomic E-state index is 12.1. The predicted molar refractivity (Wildman–Crippen MR) is 73.4 cm³/mol. The molecular weight excluding hydrogens is 238 g/mol. The summed E-state index contributed by atoms with van der Waals surface area (Å²) < 4.78 is 0. The van der Waals surface area contributed by atoms with E-state index in [1.54, 1.807) is 0 Å². The quantitative estimate of drug-likeness (QED) is 0.825. The fourth-order valence-corrected chi connectivity index (χ4v) is 1.98. The van der Waals surface area contributed by atoms with Crippen LogP contribution in [-0.4, -0.2) is 55.0 Å². The van der Waals surface area contributed by atoms with Crippen LogP contribution in [0.15, 0.2) is 0 Å². The first-order valence-electron chi connectivity index (χ1n) is 6.29. The first-order chi connectivity index (χ1) is 7.56. The predicted octanol–water partition coefficient (Wildman–Crippen LogP) is 0.946. The molecule has 1 saturated heterocycles. The largest absolute Gasteiger partial charge is 0.340 e. The van der Waals surface area contributed by atoms with Crippen LogP contribution >= 0.6 is 12.4 Å². The van der Waals surface area contributed by atoms with Gasteiger partial charge >= 0.3 is 0 Å².